The summed E-state index contributed by atoms with van der Waals surface area (Å²) in [6.45, 7) is -0.610. The van der Waals surface area contributed by atoms with Gasteiger partial charge in [0.25, 0.3) is 0 Å². The zero-order valence-corrected chi connectivity index (χ0v) is 25.0. The SMILES string of the molecule is [B][11B]C1[11B]([B])C1([11B][B])Cc1cc(CC2([11B][B])C([11B][B])C2[11B][B])cc(CC2([11B][B])[11B]([B])C2[11B][B])c1Oc1cccc(C#N)c1C#N. The minimum Gasteiger partial charge on any atom is -0.455 e. The summed E-state index contributed by atoms with van der Waals surface area (Å²) >= 11 is 0. The molecule has 6 unspecified atom stereocenters. The number of nitriles is 2. The number of benzene rings is 2. The Balaban J connectivity index is 1.69. The smallest absolute Gasteiger partial charge is 0.146 e. The van der Waals surface area contributed by atoms with Gasteiger partial charge in [0, 0.05) is 84.0 Å². The van der Waals surface area contributed by atoms with E-state index in [1.54, 1.807) is 68.4 Å². The molecule has 1 saturated carbocycles. The van der Waals surface area contributed by atoms with Crippen molar-refractivity contribution in [3.63, 3.8) is 0 Å². The molecule has 2 aromatic rings. The monoisotopic (exact) mass is 545 g/mol. The average molecular weight is 544 g/mol. The lowest BCUT2D eigenvalue weighted by atomic mass is 9.38. The van der Waals surface area contributed by atoms with E-state index in [0.29, 0.717) is 25.0 Å². The van der Waals surface area contributed by atoms with Crippen molar-refractivity contribution in [1.82, 2.24) is 0 Å². The van der Waals surface area contributed by atoms with Gasteiger partial charge in [0.1, 0.15) is 29.2 Å². The van der Waals surface area contributed by atoms with E-state index in [-0.39, 0.29) is 53.2 Å². The zero-order valence-electron chi connectivity index (χ0n) is 25.0. The van der Waals surface area contributed by atoms with E-state index in [1.165, 1.54) is 0 Å². The van der Waals surface area contributed by atoms with Crippen LogP contribution in [0.15, 0.2) is 30.3 Å². The molecule has 2 aromatic carbocycles. The van der Waals surface area contributed by atoms with Gasteiger partial charge >= 0.3 is 0 Å². The van der Waals surface area contributed by atoms with Crippen molar-refractivity contribution in [3.05, 3.63) is 58.1 Å². The van der Waals surface area contributed by atoms with Crippen LogP contribution >= 0.6 is 0 Å². The van der Waals surface area contributed by atoms with Crippen LogP contribution in [0.3, 0.4) is 0 Å². The Bertz CT molecular complexity index is 1450. The van der Waals surface area contributed by atoms with Crippen molar-refractivity contribution < 1.29 is 4.74 Å². The van der Waals surface area contributed by atoms with Crippen molar-refractivity contribution in [2.75, 3.05) is 0 Å². The van der Waals surface area contributed by atoms with Gasteiger partial charge in [-0.1, -0.05) is 35.1 Å². The van der Waals surface area contributed by atoms with Crippen LogP contribution in [0.1, 0.15) is 27.8 Å². The van der Waals surface area contributed by atoms with Crippen molar-refractivity contribution >= 4 is 133 Å². The predicted octanol–water partition coefficient (Wildman–Crippen LogP) is -1.49. The third-order valence-electron chi connectivity index (χ3n) is 10.6. The van der Waals surface area contributed by atoms with Gasteiger partial charge in [-0.2, -0.15) is 10.5 Å². The van der Waals surface area contributed by atoms with Crippen LogP contribution in [0, 0.1) is 22.7 Å². The van der Waals surface area contributed by atoms with Gasteiger partial charge in [0.15, 0.2) is 0 Å². The fraction of sp³-hybridized carbons (Fsp3) is 0.417. The number of hydrogen-bond acceptors (Lipinski definition) is 3. The first kappa shape index (κ1) is 34.7. The summed E-state index contributed by atoms with van der Waals surface area (Å²) in [5.41, 5.74) is 2.50. The Morgan fingerprint density at radius 1 is 0.733 bits per heavy atom. The van der Waals surface area contributed by atoms with Gasteiger partial charge in [0.05, 0.1) is 54.6 Å². The zero-order chi connectivity index (χ0) is 32.7. The van der Waals surface area contributed by atoms with Crippen molar-refractivity contribution in [2.24, 2.45) is 0 Å². The second kappa shape index (κ2) is 13.5. The second-order valence-electron chi connectivity index (χ2n) is 12.5. The standard InChI is InChI=1S/C24H15B18N2O/c25-34-18-19(35-26)22(18,38-29)6-11-4-13(7-23(39-30)20(36-27)41(23)32)17(45-16-3-1-2-12(9-43)15(16)10-44)14(5-11)8-24(40-31)21(37-28)42(24)33/h1-5,18-21H,6-8H2/i34+0,35+0,36+0,37+0,38+0,39+0,40+0,41+0,42+0. The van der Waals surface area contributed by atoms with E-state index in [9.17, 15) is 10.5 Å². The molecule has 0 N–H and O–H groups in total. The third kappa shape index (κ3) is 5.67. The molecule has 1 aliphatic carbocycles. The van der Waals surface area contributed by atoms with Gasteiger partial charge in [0.2, 0.25) is 0 Å². The van der Waals surface area contributed by atoms with Crippen LogP contribution in [0.4, 0.5) is 0 Å². The Kier molecular flexibility index (Phi) is 10.4. The van der Waals surface area contributed by atoms with Crippen LogP contribution < -0.4 is 4.74 Å². The van der Waals surface area contributed by atoms with Crippen molar-refractivity contribution in [1.29, 1.82) is 10.5 Å². The number of hydrogen-bond donors (Lipinski definition) is 0. The number of ether oxygens (including phenoxy) is 1. The molecule has 21 heteroatoms. The molecule has 2 heterocycles. The highest BCUT2D eigenvalue weighted by molar-refractivity contribution is 7.29. The van der Waals surface area contributed by atoms with Gasteiger partial charge < -0.3 is 4.74 Å². The Morgan fingerprint density at radius 2 is 1.27 bits per heavy atom. The van der Waals surface area contributed by atoms with Gasteiger partial charge in [-0.3, -0.25) is 0 Å². The maximum absolute atomic E-state index is 9.99. The van der Waals surface area contributed by atoms with Gasteiger partial charge in [-0.15, -0.1) is 21.9 Å². The molecule has 3 aliphatic rings. The first-order valence-electron chi connectivity index (χ1n) is 14.8. The molecule has 5 rings (SSSR count). The van der Waals surface area contributed by atoms with Crippen molar-refractivity contribution in [3.8, 4) is 23.6 Å². The van der Waals surface area contributed by atoms with Crippen LogP contribution in [-0.2, 0) is 19.3 Å². The fourth-order valence-electron chi connectivity index (χ4n) is 7.58. The van der Waals surface area contributed by atoms with E-state index in [4.69, 9.17) is 74.4 Å². The molecule has 3 nitrogen and oxygen atoms in total. The minimum absolute atomic E-state index is 0.0316. The van der Waals surface area contributed by atoms with Gasteiger partial charge in [-0.25, -0.2) is 0 Å². The molecule has 45 heavy (non-hydrogen) atoms. The maximum atomic E-state index is 9.99. The van der Waals surface area contributed by atoms with E-state index in [2.05, 4.69) is 12.1 Å². The topological polar surface area (TPSA) is 56.8 Å². The first-order valence-corrected chi connectivity index (χ1v) is 14.8. The lowest BCUT2D eigenvalue weighted by molar-refractivity contribution is 0.466. The summed E-state index contributed by atoms with van der Waals surface area (Å²) in [5.74, 6) is 0.659. The molecule has 181 valence electrons. The van der Waals surface area contributed by atoms with Crippen LogP contribution in [0.5, 0.6) is 11.5 Å². The van der Waals surface area contributed by atoms with Gasteiger partial charge in [-0.05, 0) is 48.1 Å². The molecule has 0 amide bonds. The minimum atomic E-state index is -0.630. The summed E-state index contributed by atoms with van der Waals surface area (Å²) < 4.78 is 6.63. The summed E-state index contributed by atoms with van der Waals surface area (Å²) in [5, 5.41) is 17.9. The first-order chi connectivity index (χ1) is 21.6. The predicted molar refractivity (Wildman–Crippen MR) is 200 cm³/mol. The summed E-state index contributed by atoms with van der Waals surface area (Å²) in [6.07, 6.45) is 1.30. The largest absolute Gasteiger partial charge is 0.455 e. The summed E-state index contributed by atoms with van der Waals surface area (Å²) in [4.78, 5) is 0. The molecular weight excluding hydrogens is 529 g/mol. The second-order valence-corrected chi connectivity index (χ2v) is 12.5. The Hall–Kier alpha value is -1.61. The average Bonchev–Trinajstić information content (AvgIpc) is 3.98. The molecule has 25 radical (unpaired) electrons. The van der Waals surface area contributed by atoms with E-state index in [0.717, 1.165) is 16.7 Å². The van der Waals surface area contributed by atoms with Crippen LogP contribution in [0.25, 0.3) is 0 Å². The highest BCUT2D eigenvalue weighted by Gasteiger charge is 2.61. The molecule has 0 spiro atoms. The summed E-state index contributed by atoms with van der Waals surface area (Å²) in [7, 11) is 66.9. The highest BCUT2D eigenvalue weighted by Crippen LogP contribution is 2.74. The lowest BCUT2D eigenvalue weighted by Gasteiger charge is -2.27. The molecular formula is C24H15B18N2O. The van der Waals surface area contributed by atoms with E-state index in [1.807, 2.05) is 12.1 Å². The van der Waals surface area contributed by atoms with Crippen LogP contribution in [-0.4, -0.2) is 133 Å². The Labute approximate surface area is 287 Å². The van der Waals surface area contributed by atoms with Crippen molar-refractivity contribution in [2.45, 2.75) is 58.1 Å². The molecule has 2 saturated heterocycles. The molecule has 0 aromatic heterocycles. The molecule has 2 aliphatic heterocycles. The molecule has 0 bridgehead atoms. The normalized spacial score (nSPS) is 30.5. The number of rotatable bonds is 15. The van der Waals surface area contributed by atoms with Crippen LogP contribution in [0.2, 0.25) is 38.8 Å². The fourth-order valence-corrected chi connectivity index (χ4v) is 7.58. The van der Waals surface area contributed by atoms with E-state index >= 15 is 0 Å². The maximum Gasteiger partial charge on any atom is 0.146 e. The molecule has 6 atom stereocenters. The lowest BCUT2D eigenvalue weighted by Crippen LogP contribution is -2.20. The third-order valence-corrected chi connectivity index (χ3v) is 10.6. The number of nitrogens with zero attached hydrogens (tertiary/aromatic N) is 2. The summed E-state index contributed by atoms with van der Waals surface area (Å²) in [6, 6.07) is 13.1. The highest BCUT2D eigenvalue weighted by atomic mass is 16.5. The quantitative estimate of drug-likeness (QED) is 0.257. The Morgan fingerprint density at radius 3 is 1.64 bits per heavy atom. The van der Waals surface area contributed by atoms with E-state index < -0.39 is 15.7 Å². The molecule has 3 fully saturated rings.